The zero-order valence-corrected chi connectivity index (χ0v) is 10.4. The van der Waals surface area contributed by atoms with E-state index in [1.54, 1.807) is 11.3 Å². The molecule has 2 heteroatoms. The molecule has 1 heterocycles. The lowest BCUT2D eigenvalue weighted by atomic mass is 10.1. The maximum absolute atomic E-state index is 10.1. The molecule has 2 aromatic rings. The first kappa shape index (κ1) is 11.4. The Labute approximate surface area is 100 Å². The molecule has 0 saturated heterocycles. The van der Waals surface area contributed by atoms with Crippen LogP contribution >= 0.6 is 11.3 Å². The van der Waals surface area contributed by atoms with Gasteiger partial charge in [-0.1, -0.05) is 29.8 Å². The van der Waals surface area contributed by atoms with Crippen molar-refractivity contribution in [1.29, 1.82) is 0 Å². The summed E-state index contributed by atoms with van der Waals surface area (Å²) in [6.45, 7) is 4.13. The average Bonchev–Trinajstić information content (AvgIpc) is 2.68. The molecule has 1 N–H and O–H groups in total. The molecule has 1 aromatic heterocycles. The Morgan fingerprint density at radius 3 is 2.31 bits per heavy atom. The zero-order valence-electron chi connectivity index (χ0n) is 9.60. The van der Waals surface area contributed by atoms with Gasteiger partial charge in [-0.25, -0.2) is 0 Å². The molecule has 0 amide bonds. The highest BCUT2D eigenvalue weighted by Crippen LogP contribution is 2.25. The van der Waals surface area contributed by atoms with E-state index in [0.717, 1.165) is 4.88 Å². The fraction of sp³-hybridized carbons (Fsp3) is 0.286. The second kappa shape index (κ2) is 4.81. The van der Waals surface area contributed by atoms with Gasteiger partial charge in [0.15, 0.2) is 0 Å². The van der Waals surface area contributed by atoms with Gasteiger partial charge < -0.3 is 5.11 Å². The Balaban J connectivity index is 2.07. The first-order valence-corrected chi connectivity index (χ1v) is 6.27. The summed E-state index contributed by atoms with van der Waals surface area (Å²) in [6.07, 6.45) is 0.321. The number of hydrogen-bond acceptors (Lipinski definition) is 2. The van der Waals surface area contributed by atoms with Crippen LogP contribution in [0.4, 0.5) is 0 Å². The molecule has 1 nitrogen and oxygen atoms in total. The molecule has 84 valence electrons. The summed E-state index contributed by atoms with van der Waals surface area (Å²) >= 11 is 1.67. The Morgan fingerprint density at radius 2 is 1.75 bits per heavy atom. The third kappa shape index (κ3) is 2.71. The van der Waals surface area contributed by atoms with Gasteiger partial charge in [-0.3, -0.25) is 0 Å². The minimum absolute atomic E-state index is 0.374. The number of rotatable bonds is 3. The summed E-state index contributed by atoms with van der Waals surface area (Å²) in [5, 5.41) is 10.1. The van der Waals surface area contributed by atoms with E-state index in [1.165, 1.54) is 16.0 Å². The smallest absolute Gasteiger partial charge is 0.0922 e. The molecule has 0 aliphatic rings. The fourth-order valence-electron chi connectivity index (χ4n) is 1.68. The van der Waals surface area contributed by atoms with E-state index in [4.69, 9.17) is 0 Å². The fourth-order valence-corrected chi connectivity index (χ4v) is 2.54. The summed E-state index contributed by atoms with van der Waals surface area (Å²) in [5.41, 5.74) is 2.44. The van der Waals surface area contributed by atoms with E-state index in [1.807, 2.05) is 6.07 Å². The molecular weight excluding hydrogens is 216 g/mol. The summed E-state index contributed by atoms with van der Waals surface area (Å²) in [5.74, 6) is 0. The van der Waals surface area contributed by atoms with Crippen molar-refractivity contribution in [3.63, 3.8) is 0 Å². The lowest BCUT2D eigenvalue weighted by molar-refractivity contribution is 0.182. The highest BCUT2D eigenvalue weighted by molar-refractivity contribution is 7.12. The van der Waals surface area contributed by atoms with Crippen LogP contribution in [0.15, 0.2) is 36.4 Å². The van der Waals surface area contributed by atoms with Gasteiger partial charge in [0, 0.05) is 16.2 Å². The van der Waals surface area contributed by atoms with Crippen molar-refractivity contribution in [1.82, 2.24) is 0 Å². The average molecular weight is 232 g/mol. The van der Waals surface area contributed by atoms with Gasteiger partial charge in [0.2, 0.25) is 0 Å². The number of hydrogen-bond donors (Lipinski definition) is 1. The standard InChI is InChI=1S/C14H16OS/c1-10-3-6-12(7-4-10)9-13(15)14-8-5-11(2)16-14/h3-8,13,15H,9H2,1-2H3. The lowest BCUT2D eigenvalue weighted by Gasteiger charge is -2.08. The van der Waals surface area contributed by atoms with Crippen molar-refractivity contribution in [2.45, 2.75) is 26.4 Å². The third-order valence-electron chi connectivity index (χ3n) is 2.64. The molecule has 0 bridgehead atoms. The van der Waals surface area contributed by atoms with Gasteiger partial charge >= 0.3 is 0 Å². The van der Waals surface area contributed by atoms with Gasteiger partial charge in [-0.2, -0.15) is 0 Å². The molecule has 0 spiro atoms. The third-order valence-corrected chi connectivity index (χ3v) is 3.74. The summed E-state index contributed by atoms with van der Waals surface area (Å²) in [4.78, 5) is 2.30. The van der Waals surface area contributed by atoms with Crippen LogP contribution < -0.4 is 0 Å². The largest absolute Gasteiger partial charge is 0.387 e. The highest BCUT2D eigenvalue weighted by Gasteiger charge is 2.10. The number of aliphatic hydroxyl groups excluding tert-OH is 1. The van der Waals surface area contributed by atoms with Crippen LogP contribution in [0.2, 0.25) is 0 Å². The Hall–Kier alpha value is -1.12. The van der Waals surface area contributed by atoms with Crippen LogP contribution in [0.1, 0.15) is 27.0 Å². The van der Waals surface area contributed by atoms with Crippen LogP contribution in [0.5, 0.6) is 0 Å². The van der Waals surface area contributed by atoms with Crippen LogP contribution in [-0.4, -0.2) is 5.11 Å². The number of aryl methyl sites for hydroxylation is 2. The SMILES string of the molecule is Cc1ccc(CC(O)c2ccc(C)s2)cc1. The second-order valence-corrected chi connectivity index (χ2v) is 5.47. The molecule has 16 heavy (non-hydrogen) atoms. The van der Waals surface area contributed by atoms with Crippen molar-refractivity contribution in [2.24, 2.45) is 0 Å². The molecule has 0 saturated carbocycles. The van der Waals surface area contributed by atoms with Crippen LogP contribution in [0, 0.1) is 13.8 Å². The monoisotopic (exact) mass is 232 g/mol. The topological polar surface area (TPSA) is 20.2 Å². The Morgan fingerprint density at radius 1 is 1.06 bits per heavy atom. The second-order valence-electron chi connectivity index (χ2n) is 4.15. The summed E-state index contributed by atoms with van der Waals surface area (Å²) in [7, 11) is 0. The first-order chi connectivity index (χ1) is 7.65. The van der Waals surface area contributed by atoms with Gasteiger partial charge in [0.25, 0.3) is 0 Å². The van der Waals surface area contributed by atoms with Gasteiger partial charge in [-0.15, -0.1) is 11.3 Å². The molecule has 0 aliphatic carbocycles. The lowest BCUT2D eigenvalue weighted by Crippen LogP contribution is -1.99. The molecule has 0 fully saturated rings. The maximum Gasteiger partial charge on any atom is 0.0922 e. The van der Waals surface area contributed by atoms with E-state index in [-0.39, 0.29) is 6.10 Å². The van der Waals surface area contributed by atoms with Crippen LogP contribution in [0.25, 0.3) is 0 Å². The first-order valence-electron chi connectivity index (χ1n) is 5.45. The van der Waals surface area contributed by atoms with E-state index in [0.29, 0.717) is 6.42 Å². The summed E-state index contributed by atoms with van der Waals surface area (Å²) in [6, 6.07) is 12.4. The van der Waals surface area contributed by atoms with Crippen molar-refractivity contribution in [2.75, 3.05) is 0 Å². The molecular formula is C14H16OS. The number of benzene rings is 1. The molecule has 0 aliphatic heterocycles. The molecule has 1 unspecified atom stereocenters. The predicted molar refractivity (Wildman–Crippen MR) is 68.9 cm³/mol. The Kier molecular flexibility index (Phi) is 3.42. The molecule has 1 aromatic carbocycles. The minimum Gasteiger partial charge on any atom is -0.387 e. The highest BCUT2D eigenvalue weighted by atomic mass is 32.1. The molecule has 1 atom stereocenters. The van der Waals surface area contributed by atoms with E-state index in [9.17, 15) is 5.11 Å². The van der Waals surface area contributed by atoms with Crippen molar-refractivity contribution < 1.29 is 5.11 Å². The Bertz CT molecular complexity index is 456. The number of aliphatic hydroxyl groups is 1. The zero-order chi connectivity index (χ0) is 11.5. The van der Waals surface area contributed by atoms with Crippen LogP contribution in [0.3, 0.4) is 0 Å². The predicted octanol–water partition coefficient (Wildman–Crippen LogP) is 3.64. The quantitative estimate of drug-likeness (QED) is 0.856. The van der Waals surface area contributed by atoms with Gasteiger partial charge in [0.1, 0.15) is 0 Å². The molecule has 2 rings (SSSR count). The molecule has 0 radical (unpaired) electrons. The van der Waals surface area contributed by atoms with E-state index in [2.05, 4.69) is 44.2 Å². The number of thiophene rings is 1. The van der Waals surface area contributed by atoms with Gasteiger partial charge in [0.05, 0.1) is 6.10 Å². The normalized spacial score (nSPS) is 12.7. The van der Waals surface area contributed by atoms with E-state index < -0.39 is 0 Å². The van der Waals surface area contributed by atoms with Gasteiger partial charge in [-0.05, 0) is 31.5 Å². The van der Waals surface area contributed by atoms with Crippen LogP contribution in [-0.2, 0) is 6.42 Å². The van der Waals surface area contributed by atoms with E-state index >= 15 is 0 Å². The van der Waals surface area contributed by atoms with Crippen molar-refractivity contribution in [3.05, 3.63) is 57.3 Å². The van der Waals surface area contributed by atoms with Crippen molar-refractivity contribution >= 4 is 11.3 Å². The summed E-state index contributed by atoms with van der Waals surface area (Å²) < 4.78 is 0. The minimum atomic E-state index is -0.374. The maximum atomic E-state index is 10.1. The van der Waals surface area contributed by atoms with Crippen molar-refractivity contribution in [3.8, 4) is 0 Å².